The van der Waals surface area contributed by atoms with Gasteiger partial charge in [-0.2, -0.15) is 5.26 Å². The summed E-state index contributed by atoms with van der Waals surface area (Å²) in [6, 6.07) is 14.8. The van der Waals surface area contributed by atoms with E-state index in [0.717, 1.165) is 10.9 Å². The Kier molecular flexibility index (Phi) is 6.41. The lowest BCUT2D eigenvalue weighted by atomic mass is 10.1. The highest BCUT2D eigenvalue weighted by Gasteiger charge is 2.31. The molecular weight excluding hydrogens is 512 g/mol. The predicted octanol–water partition coefficient (Wildman–Crippen LogP) is 3.45. The number of amides is 2. The quantitative estimate of drug-likeness (QED) is 0.402. The first-order chi connectivity index (χ1) is 17.8. The van der Waals surface area contributed by atoms with E-state index in [1.165, 1.54) is 34.6 Å². The highest BCUT2D eigenvalue weighted by atomic mass is 32.2. The number of thiazole rings is 1. The van der Waals surface area contributed by atoms with Gasteiger partial charge in [0.25, 0.3) is 10.0 Å². The number of fused-ring (bicyclic) bond motifs is 1. The van der Waals surface area contributed by atoms with Crippen molar-refractivity contribution in [2.24, 2.45) is 0 Å². The van der Waals surface area contributed by atoms with E-state index in [4.69, 9.17) is 0 Å². The molecule has 2 aromatic carbocycles. The molecule has 0 bridgehead atoms. The molecular formula is C25H24N6O4S2. The van der Waals surface area contributed by atoms with Crippen LogP contribution in [0, 0.1) is 11.3 Å². The number of piperazine rings is 1. The minimum absolute atomic E-state index is 0. The highest BCUT2D eigenvalue weighted by Crippen LogP contribution is 2.26. The smallest absolute Gasteiger partial charge is 0.263 e. The van der Waals surface area contributed by atoms with Crippen LogP contribution >= 0.6 is 11.3 Å². The lowest BCUT2D eigenvalue weighted by molar-refractivity contribution is -0.139. The second-order valence-corrected chi connectivity index (χ2v) is 11.1. The Morgan fingerprint density at radius 1 is 1.19 bits per heavy atom. The molecule has 0 aliphatic carbocycles. The van der Waals surface area contributed by atoms with E-state index in [9.17, 15) is 23.3 Å². The van der Waals surface area contributed by atoms with Crippen LogP contribution in [-0.2, 0) is 19.6 Å². The van der Waals surface area contributed by atoms with Crippen LogP contribution < -0.4 is 9.62 Å². The van der Waals surface area contributed by atoms with Crippen LogP contribution in [0.5, 0.6) is 0 Å². The third kappa shape index (κ3) is 4.66. The summed E-state index contributed by atoms with van der Waals surface area (Å²) in [6.07, 6.45) is 3.29. The van der Waals surface area contributed by atoms with Crippen LogP contribution in [0.2, 0.25) is 0 Å². The Hall–Kier alpha value is -4.21. The van der Waals surface area contributed by atoms with Gasteiger partial charge in [0.1, 0.15) is 12.6 Å². The summed E-state index contributed by atoms with van der Waals surface area (Å²) in [6.45, 7) is 2.31. The molecule has 2 aromatic heterocycles. The summed E-state index contributed by atoms with van der Waals surface area (Å²) in [5, 5.41) is 12.1. The summed E-state index contributed by atoms with van der Waals surface area (Å²) in [5.74, 6) is -0.449. The van der Waals surface area contributed by atoms with Crippen molar-refractivity contribution >= 4 is 54.9 Å². The standard InChI is InChI=1S/C25H22N6O4S2.H2/c1-17(30-11-9-21-18(15-26)3-2-4-22(21)30)24(33)29-12-13-31(23(32)16-29)19-5-7-20(8-6-19)37(34,35)28-25-27-10-14-36-25;/h2-11,14,17H,12-13,16H2,1H3,(H,27,28);1H. The van der Waals surface area contributed by atoms with Crippen molar-refractivity contribution in [3.05, 3.63) is 71.9 Å². The molecule has 1 N–H and O–H groups in total. The fraction of sp³-hybridized carbons (Fsp3) is 0.200. The van der Waals surface area contributed by atoms with Crippen LogP contribution in [0.4, 0.5) is 10.8 Å². The lowest BCUT2D eigenvalue weighted by Crippen LogP contribution is -2.53. The molecule has 1 unspecified atom stereocenters. The predicted molar refractivity (Wildman–Crippen MR) is 142 cm³/mol. The number of hydrogen-bond donors (Lipinski definition) is 1. The summed E-state index contributed by atoms with van der Waals surface area (Å²) >= 11 is 1.18. The van der Waals surface area contributed by atoms with Gasteiger partial charge in [-0.3, -0.25) is 14.3 Å². The average Bonchev–Trinajstić information content (AvgIpc) is 3.57. The van der Waals surface area contributed by atoms with Gasteiger partial charge in [-0.25, -0.2) is 13.4 Å². The number of benzene rings is 2. The van der Waals surface area contributed by atoms with Crippen molar-refractivity contribution in [3.8, 4) is 6.07 Å². The molecule has 3 heterocycles. The first-order valence-electron chi connectivity index (χ1n) is 11.4. The summed E-state index contributed by atoms with van der Waals surface area (Å²) in [7, 11) is -3.79. The first kappa shape index (κ1) is 24.5. The maximum absolute atomic E-state index is 13.3. The Bertz CT molecular complexity index is 1630. The molecule has 1 fully saturated rings. The van der Waals surface area contributed by atoms with E-state index < -0.39 is 16.1 Å². The second kappa shape index (κ2) is 9.68. The van der Waals surface area contributed by atoms with Gasteiger partial charge in [0, 0.05) is 43.4 Å². The van der Waals surface area contributed by atoms with Crippen molar-refractivity contribution in [3.63, 3.8) is 0 Å². The zero-order valence-electron chi connectivity index (χ0n) is 19.7. The molecule has 0 radical (unpaired) electrons. The Labute approximate surface area is 218 Å². The zero-order chi connectivity index (χ0) is 26.2. The fourth-order valence-corrected chi connectivity index (χ4v) is 6.18. The lowest BCUT2D eigenvalue weighted by Gasteiger charge is -2.35. The number of anilines is 2. The van der Waals surface area contributed by atoms with Gasteiger partial charge in [0.05, 0.1) is 22.0 Å². The number of nitrogens with zero attached hydrogens (tertiary/aromatic N) is 5. The molecule has 1 aliphatic rings. The van der Waals surface area contributed by atoms with Crippen LogP contribution in [0.3, 0.4) is 0 Å². The number of nitriles is 1. The van der Waals surface area contributed by atoms with Crippen molar-refractivity contribution in [1.29, 1.82) is 5.26 Å². The molecule has 1 atom stereocenters. The molecule has 1 saturated heterocycles. The van der Waals surface area contributed by atoms with Gasteiger partial charge < -0.3 is 14.4 Å². The third-order valence-electron chi connectivity index (χ3n) is 6.30. The van der Waals surface area contributed by atoms with E-state index in [1.807, 2.05) is 16.7 Å². The molecule has 12 heteroatoms. The summed E-state index contributed by atoms with van der Waals surface area (Å²) in [5.41, 5.74) is 1.88. The summed E-state index contributed by atoms with van der Waals surface area (Å²) in [4.78, 5) is 33.3. The maximum Gasteiger partial charge on any atom is 0.263 e. The number of hydrogen-bond acceptors (Lipinski definition) is 7. The van der Waals surface area contributed by atoms with Gasteiger partial charge in [-0.05, 0) is 49.4 Å². The van der Waals surface area contributed by atoms with E-state index in [-0.39, 0.29) is 36.4 Å². The Morgan fingerprint density at radius 3 is 2.65 bits per heavy atom. The number of rotatable bonds is 6. The van der Waals surface area contributed by atoms with Gasteiger partial charge in [0.2, 0.25) is 11.8 Å². The maximum atomic E-state index is 13.3. The molecule has 2 amide bonds. The number of carbonyl (C=O) groups is 2. The van der Waals surface area contributed by atoms with Crippen molar-refractivity contribution in [1.82, 2.24) is 14.5 Å². The monoisotopic (exact) mass is 536 g/mol. The van der Waals surface area contributed by atoms with E-state index in [2.05, 4.69) is 15.8 Å². The van der Waals surface area contributed by atoms with Crippen molar-refractivity contribution in [2.45, 2.75) is 17.9 Å². The normalized spacial score (nSPS) is 15.0. The van der Waals surface area contributed by atoms with Gasteiger partial charge >= 0.3 is 0 Å². The SMILES string of the molecule is CC(C(=O)N1CCN(c2ccc(S(=O)(=O)Nc3nccs3)cc2)C(=O)C1)n1ccc2c(C#N)cccc21.[HH]. The second-order valence-electron chi connectivity index (χ2n) is 8.49. The zero-order valence-corrected chi connectivity index (χ0v) is 21.4. The number of nitrogens with one attached hydrogen (secondary N) is 1. The van der Waals surface area contributed by atoms with Gasteiger partial charge in [-0.1, -0.05) is 6.07 Å². The van der Waals surface area contributed by atoms with Crippen LogP contribution in [0.25, 0.3) is 10.9 Å². The Morgan fingerprint density at radius 2 is 1.97 bits per heavy atom. The Balaban J connectivity index is 0.00000336. The highest BCUT2D eigenvalue weighted by molar-refractivity contribution is 7.93. The topological polar surface area (TPSA) is 128 Å². The molecule has 0 saturated carbocycles. The largest absolute Gasteiger partial charge is 0.335 e. The molecule has 1 aliphatic heterocycles. The fourth-order valence-electron chi connectivity index (χ4n) is 4.39. The van der Waals surface area contributed by atoms with Crippen LogP contribution in [-0.4, -0.2) is 54.3 Å². The van der Waals surface area contributed by atoms with Gasteiger partial charge in [-0.15, -0.1) is 11.3 Å². The van der Waals surface area contributed by atoms with E-state index in [1.54, 1.807) is 47.7 Å². The average molecular weight is 537 g/mol. The molecule has 10 nitrogen and oxygen atoms in total. The number of sulfonamides is 1. The van der Waals surface area contributed by atoms with Crippen LogP contribution in [0.1, 0.15) is 20.0 Å². The number of carbonyl (C=O) groups excluding carboxylic acids is 2. The summed E-state index contributed by atoms with van der Waals surface area (Å²) < 4.78 is 29.4. The first-order valence-corrected chi connectivity index (χ1v) is 13.8. The van der Waals surface area contributed by atoms with Crippen molar-refractivity contribution in [2.75, 3.05) is 29.3 Å². The van der Waals surface area contributed by atoms with E-state index >= 15 is 0 Å². The third-order valence-corrected chi connectivity index (χ3v) is 8.48. The number of aromatic nitrogens is 2. The molecule has 0 spiro atoms. The molecule has 190 valence electrons. The minimum atomic E-state index is -3.79. The van der Waals surface area contributed by atoms with Gasteiger partial charge in [0.15, 0.2) is 5.13 Å². The molecule has 5 rings (SSSR count). The van der Waals surface area contributed by atoms with Crippen molar-refractivity contribution < 1.29 is 19.4 Å². The minimum Gasteiger partial charge on any atom is -0.335 e. The van der Waals surface area contributed by atoms with E-state index in [0.29, 0.717) is 17.8 Å². The molecule has 37 heavy (non-hydrogen) atoms. The van der Waals surface area contributed by atoms with Crippen LogP contribution in [0.15, 0.2) is 71.2 Å². The molecule has 4 aromatic rings.